The molecule has 3 nitrogen and oxygen atoms in total. The van der Waals surface area contributed by atoms with Gasteiger partial charge in [-0.05, 0) is 18.2 Å². The van der Waals surface area contributed by atoms with E-state index in [1.165, 1.54) is 4.90 Å². The predicted octanol–water partition coefficient (Wildman–Crippen LogP) is 3.90. The van der Waals surface area contributed by atoms with Crippen LogP contribution in [0.25, 0.3) is 22.4 Å². The molecule has 0 bridgehead atoms. The first-order chi connectivity index (χ1) is 9.36. The fourth-order valence-electron chi connectivity index (χ4n) is 1.86. The Morgan fingerprint density at radius 1 is 1.21 bits per heavy atom. The molecule has 0 spiro atoms. The van der Waals surface area contributed by atoms with Crippen LogP contribution in [0.1, 0.15) is 0 Å². The number of aromatic nitrogens is 3. The fraction of sp³-hybridized carbons (Fsp3) is 0.0667. The van der Waals surface area contributed by atoms with Gasteiger partial charge in [0.2, 0.25) is 0 Å². The number of nitrogens with zero attached hydrogens (tertiary/aromatic N) is 2. The maximum absolute atomic E-state index is 4.53. The lowest BCUT2D eigenvalue weighted by Gasteiger charge is -2.00. The smallest absolute Gasteiger partial charge is 0.138 e. The van der Waals surface area contributed by atoms with Crippen LogP contribution in [0.4, 0.5) is 0 Å². The Morgan fingerprint density at radius 3 is 2.79 bits per heavy atom. The van der Waals surface area contributed by atoms with Gasteiger partial charge in [-0.3, -0.25) is 4.98 Å². The first-order valence-electron chi connectivity index (χ1n) is 6.00. The second kappa shape index (κ2) is 5.28. The van der Waals surface area contributed by atoms with E-state index >= 15 is 0 Å². The lowest BCUT2D eigenvalue weighted by atomic mass is 10.2. The van der Waals surface area contributed by atoms with Crippen molar-refractivity contribution in [1.29, 1.82) is 0 Å². The van der Waals surface area contributed by atoms with Crippen LogP contribution < -0.4 is 0 Å². The highest BCUT2D eigenvalue weighted by atomic mass is 32.2. The Morgan fingerprint density at radius 2 is 2.05 bits per heavy atom. The van der Waals surface area contributed by atoms with E-state index in [4.69, 9.17) is 0 Å². The number of rotatable bonds is 4. The van der Waals surface area contributed by atoms with Crippen LogP contribution in [0.5, 0.6) is 0 Å². The average molecular weight is 267 g/mol. The van der Waals surface area contributed by atoms with Gasteiger partial charge >= 0.3 is 0 Å². The van der Waals surface area contributed by atoms with Crippen LogP contribution in [0.2, 0.25) is 0 Å². The zero-order valence-corrected chi connectivity index (χ0v) is 11.2. The van der Waals surface area contributed by atoms with Crippen molar-refractivity contribution in [3.63, 3.8) is 0 Å². The Labute approximate surface area is 115 Å². The molecule has 2 aromatic heterocycles. The number of H-pyrrole nitrogens is 1. The summed E-state index contributed by atoms with van der Waals surface area (Å²) in [6, 6.07) is 10.3. The number of benzene rings is 1. The van der Waals surface area contributed by atoms with Gasteiger partial charge in [0.15, 0.2) is 0 Å². The molecule has 0 fully saturated rings. The first kappa shape index (κ1) is 12.0. The van der Waals surface area contributed by atoms with Crippen molar-refractivity contribution in [3.05, 3.63) is 55.4 Å². The molecule has 0 aliphatic rings. The second-order valence-corrected chi connectivity index (χ2v) is 5.20. The highest BCUT2D eigenvalue weighted by molar-refractivity contribution is 7.99. The largest absolute Gasteiger partial charge is 0.338 e. The lowest BCUT2D eigenvalue weighted by Crippen LogP contribution is -1.80. The second-order valence-electron chi connectivity index (χ2n) is 4.10. The summed E-state index contributed by atoms with van der Waals surface area (Å²) in [5, 5.41) is 0. The molecule has 0 atom stereocenters. The van der Waals surface area contributed by atoms with Crippen molar-refractivity contribution in [2.45, 2.75) is 4.90 Å². The number of nitrogens with one attached hydrogen (secondary N) is 1. The molecule has 94 valence electrons. The van der Waals surface area contributed by atoms with Gasteiger partial charge in [0.1, 0.15) is 11.3 Å². The van der Waals surface area contributed by atoms with Crippen molar-refractivity contribution in [3.8, 4) is 11.4 Å². The van der Waals surface area contributed by atoms with Crippen molar-refractivity contribution in [1.82, 2.24) is 15.0 Å². The van der Waals surface area contributed by atoms with E-state index in [-0.39, 0.29) is 0 Å². The van der Waals surface area contributed by atoms with Crippen LogP contribution in [0.15, 0.2) is 60.3 Å². The number of pyridine rings is 1. The van der Waals surface area contributed by atoms with E-state index < -0.39 is 0 Å². The average Bonchev–Trinajstić information content (AvgIpc) is 2.89. The zero-order valence-electron chi connectivity index (χ0n) is 10.3. The van der Waals surface area contributed by atoms with Gasteiger partial charge in [0, 0.05) is 22.4 Å². The molecule has 1 aromatic carbocycles. The maximum atomic E-state index is 4.53. The summed E-state index contributed by atoms with van der Waals surface area (Å²) in [7, 11) is 0. The topological polar surface area (TPSA) is 41.6 Å². The molecule has 19 heavy (non-hydrogen) atoms. The van der Waals surface area contributed by atoms with E-state index in [1.807, 2.05) is 12.1 Å². The van der Waals surface area contributed by atoms with Gasteiger partial charge in [0.05, 0.1) is 11.7 Å². The lowest BCUT2D eigenvalue weighted by molar-refractivity contribution is 1.32. The fourth-order valence-corrected chi connectivity index (χ4v) is 2.50. The molecule has 0 amide bonds. The number of thioether (sulfide) groups is 1. The Hall–Kier alpha value is -2.07. The summed E-state index contributed by atoms with van der Waals surface area (Å²) in [5.74, 6) is 1.80. The SMILES string of the molecule is C=CCSc1ccc(-c2nc3cnccc3[nH]2)cc1. The van der Waals surface area contributed by atoms with Crippen molar-refractivity contribution in [2.24, 2.45) is 0 Å². The van der Waals surface area contributed by atoms with Gasteiger partial charge in [-0.25, -0.2) is 4.98 Å². The van der Waals surface area contributed by atoms with Crippen LogP contribution in [-0.4, -0.2) is 20.7 Å². The van der Waals surface area contributed by atoms with Crippen LogP contribution in [-0.2, 0) is 0 Å². The number of imidazole rings is 1. The van der Waals surface area contributed by atoms with E-state index in [1.54, 1.807) is 24.2 Å². The summed E-state index contributed by atoms with van der Waals surface area (Å²) < 4.78 is 0. The molecule has 0 saturated carbocycles. The highest BCUT2D eigenvalue weighted by Crippen LogP contribution is 2.24. The monoisotopic (exact) mass is 267 g/mol. The van der Waals surface area contributed by atoms with Gasteiger partial charge < -0.3 is 4.98 Å². The minimum atomic E-state index is 0.878. The molecule has 0 aliphatic heterocycles. The molecular formula is C15H13N3S. The Balaban J connectivity index is 1.90. The van der Waals surface area contributed by atoms with Gasteiger partial charge in [-0.2, -0.15) is 0 Å². The number of hydrogen-bond donors (Lipinski definition) is 1. The summed E-state index contributed by atoms with van der Waals surface area (Å²) in [5.41, 5.74) is 2.98. The van der Waals surface area contributed by atoms with Crippen LogP contribution in [0, 0.1) is 0 Å². The van der Waals surface area contributed by atoms with E-state index in [2.05, 4.69) is 45.8 Å². The van der Waals surface area contributed by atoms with E-state index in [0.29, 0.717) is 0 Å². The maximum Gasteiger partial charge on any atom is 0.138 e. The summed E-state index contributed by atoms with van der Waals surface area (Å²) in [6.07, 6.45) is 5.44. The van der Waals surface area contributed by atoms with Crippen molar-refractivity contribution >= 4 is 22.8 Å². The summed E-state index contributed by atoms with van der Waals surface area (Å²) in [6.45, 7) is 3.72. The molecule has 0 radical (unpaired) electrons. The molecule has 0 unspecified atom stereocenters. The Kier molecular flexibility index (Phi) is 3.33. The van der Waals surface area contributed by atoms with Crippen molar-refractivity contribution < 1.29 is 0 Å². The molecule has 0 saturated heterocycles. The summed E-state index contributed by atoms with van der Waals surface area (Å²) >= 11 is 1.77. The van der Waals surface area contributed by atoms with Crippen LogP contribution >= 0.6 is 11.8 Å². The third kappa shape index (κ3) is 2.53. The van der Waals surface area contributed by atoms with Gasteiger partial charge in [0.25, 0.3) is 0 Å². The number of aromatic amines is 1. The van der Waals surface area contributed by atoms with E-state index in [0.717, 1.165) is 28.2 Å². The Bertz CT molecular complexity index is 668. The highest BCUT2D eigenvalue weighted by Gasteiger charge is 2.04. The molecule has 3 aromatic rings. The third-order valence-electron chi connectivity index (χ3n) is 2.78. The molecule has 4 heteroatoms. The normalized spacial score (nSPS) is 10.7. The molecule has 0 aliphatic carbocycles. The molecule has 3 rings (SSSR count). The molecule has 1 N–H and O–H groups in total. The quantitative estimate of drug-likeness (QED) is 0.575. The van der Waals surface area contributed by atoms with Gasteiger partial charge in [-0.1, -0.05) is 18.2 Å². The predicted molar refractivity (Wildman–Crippen MR) is 80.2 cm³/mol. The number of fused-ring (bicyclic) bond motifs is 1. The first-order valence-corrected chi connectivity index (χ1v) is 6.99. The minimum Gasteiger partial charge on any atom is -0.338 e. The van der Waals surface area contributed by atoms with Crippen LogP contribution in [0.3, 0.4) is 0 Å². The molecule has 2 heterocycles. The van der Waals surface area contributed by atoms with E-state index in [9.17, 15) is 0 Å². The number of hydrogen-bond acceptors (Lipinski definition) is 3. The standard InChI is InChI=1S/C15H13N3S/c1-2-9-19-12-5-3-11(4-6-12)15-17-13-7-8-16-10-14(13)18-15/h2-8,10H,1,9H2,(H,17,18). The molecular weight excluding hydrogens is 254 g/mol. The van der Waals surface area contributed by atoms with Crippen molar-refractivity contribution in [2.75, 3.05) is 5.75 Å². The summed E-state index contributed by atoms with van der Waals surface area (Å²) in [4.78, 5) is 13.1. The van der Waals surface area contributed by atoms with Gasteiger partial charge in [-0.15, -0.1) is 18.3 Å². The third-order valence-corrected chi connectivity index (χ3v) is 3.79. The minimum absolute atomic E-state index is 0.878. The zero-order chi connectivity index (χ0) is 13.1.